The Morgan fingerprint density at radius 3 is 2.77 bits per heavy atom. The van der Waals surface area contributed by atoms with Crippen molar-refractivity contribution in [3.8, 4) is 0 Å². The minimum atomic E-state index is 0.0455. The first-order valence-electron chi connectivity index (χ1n) is 7.18. The molecule has 2 rings (SSSR count). The van der Waals surface area contributed by atoms with Gasteiger partial charge in [-0.1, -0.05) is 54.3 Å². The van der Waals surface area contributed by atoms with Crippen LogP contribution in [-0.2, 0) is 0 Å². The number of thioether (sulfide) groups is 1. The maximum atomic E-state index is 12.4. The van der Waals surface area contributed by atoms with E-state index in [2.05, 4.69) is 18.7 Å². The Morgan fingerprint density at radius 1 is 1.36 bits per heavy atom. The predicted octanol–water partition coefficient (Wildman–Crippen LogP) is 5.27. The Hall–Kier alpha value is -2.00. The van der Waals surface area contributed by atoms with Gasteiger partial charge in [0.1, 0.15) is 5.58 Å². The van der Waals surface area contributed by atoms with Gasteiger partial charge in [0.25, 0.3) is 0 Å². The molecule has 0 aliphatic rings. The summed E-state index contributed by atoms with van der Waals surface area (Å²) in [5, 5.41) is 1.32. The first-order valence-corrected chi connectivity index (χ1v) is 8.16. The van der Waals surface area contributed by atoms with Crippen LogP contribution in [0.5, 0.6) is 0 Å². The van der Waals surface area contributed by atoms with Crippen molar-refractivity contribution >= 4 is 22.7 Å². The summed E-state index contributed by atoms with van der Waals surface area (Å²) in [6, 6.07) is 7.36. The van der Waals surface area contributed by atoms with Crippen molar-refractivity contribution in [1.29, 1.82) is 0 Å². The molecule has 114 valence electrons. The second-order valence-corrected chi connectivity index (χ2v) is 6.03. The fraction of sp³-hybridized carbons (Fsp3) is 0.211. The maximum Gasteiger partial charge on any atom is 0.196 e. The van der Waals surface area contributed by atoms with Crippen LogP contribution in [0, 0.1) is 6.92 Å². The van der Waals surface area contributed by atoms with Gasteiger partial charge in [0, 0.05) is 11.3 Å². The van der Waals surface area contributed by atoms with Gasteiger partial charge in [-0.05, 0) is 38.5 Å². The molecule has 0 saturated heterocycles. The normalized spacial score (nSPS) is 12.7. The second kappa shape index (κ2) is 7.32. The Balaban J connectivity index is 2.31. The van der Waals surface area contributed by atoms with Crippen LogP contribution in [0.25, 0.3) is 11.0 Å². The van der Waals surface area contributed by atoms with Crippen LogP contribution >= 0.6 is 11.8 Å². The minimum Gasteiger partial charge on any atom is -0.449 e. The van der Waals surface area contributed by atoms with Gasteiger partial charge in [0.15, 0.2) is 10.5 Å². The van der Waals surface area contributed by atoms with Gasteiger partial charge in [-0.25, -0.2) is 0 Å². The van der Waals surface area contributed by atoms with Gasteiger partial charge < -0.3 is 4.42 Å². The topological polar surface area (TPSA) is 30.2 Å². The zero-order valence-electron chi connectivity index (χ0n) is 13.2. The van der Waals surface area contributed by atoms with E-state index in [0.29, 0.717) is 21.6 Å². The van der Waals surface area contributed by atoms with Crippen molar-refractivity contribution in [2.75, 3.05) is 5.75 Å². The molecule has 1 aromatic carbocycles. The van der Waals surface area contributed by atoms with Crippen molar-refractivity contribution in [1.82, 2.24) is 0 Å². The summed E-state index contributed by atoms with van der Waals surface area (Å²) in [6.07, 6.45) is 5.98. The Labute approximate surface area is 135 Å². The molecule has 3 heteroatoms. The van der Waals surface area contributed by atoms with Gasteiger partial charge in [0.05, 0.1) is 5.39 Å². The van der Waals surface area contributed by atoms with E-state index in [1.54, 1.807) is 17.8 Å². The lowest BCUT2D eigenvalue weighted by atomic mass is 10.2. The maximum absolute atomic E-state index is 12.4. The molecule has 0 unspecified atom stereocenters. The van der Waals surface area contributed by atoms with Gasteiger partial charge in [-0.15, -0.1) is 0 Å². The van der Waals surface area contributed by atoms with Crippen molar-refractivity contribution in [2.45, 2.75) is 25.9 Å². The summed E-state index contributed by atoms with van der Waals surface area (Å²) in [5.74, 6) is 0.754. The predicted molar refractivity (Wildman–Crippen MR) is 95.7 cm³/mol. The van der Waals surface area contributed by atoms with Crippen LogP contribution < -0.4 is 5.43 Å². The highest BCUT2D eigenvalue weighted by Crippen LogP contribution is 2.26. The molecule has 0 spiro atoms. The SMILES string of the molecule is C=C/C(C)=C\C(=C/C)CSc1oc2ccccc2c(=O)c1C. The number of hydrogen-bond donors (Lipinski definition) is 0. The smallest absolute Gasteiger partial charge is 0.196 e. The Bertz CT molecular complexity index is 810. The van der Waals surface area contributed by atoms with E-state index < -0.39 is 0 Å². The summed E-state index contributed by atoms with van der Waals surface area (Å²) in [5.41, 5.74) is 3.65. The zero-order chi connectivity index (χ0) is 16.1. The van der Waals surface area contributed by atoms with Crippen LogP contribution in [0.1, 0.15) is 19.4 Å². The van der Waals surface area contributed by atoms with Crippen molar-refractivity contribution < 1.29 is 4.42 Å². The summed E-state index contributed by atoms with van der Waals surface area (Å²) in [4.78, 5) is 12.4. The molecule has 1 aromatic heterocycles. The van der Waals surface area contributed by atoms with Crippen molar-refractivity contribution in [3.63, 3.8) is 0 Å². The summed E-state index contributed by atoms with van der Waals surface area (Å²) < 4.78 is 5.89. The van der Waals surface area contributed by atoms with Crippen LogP contribution in [0.2, 0.25) is 0 Å². The number of rotatable bonds is 5. The van der Waals surface area contributed by atoms with E-state index in [-0.39, 0.29) is 5.43 Å². The van der Waals surface area contributed by atoms with E-state index in [4.69, 9.17) is 4.42 Å². The number of hydrogen-bond acceptors (Lipinski definition) is 3. The Morgan fingerprint density at radius 2 is 2.09 bits per heavy atom. The molecule has 0 N–H and O–H groups in total. The third-order valence-electron chi connectivity index (χ3n) is 3.46. The molecule has 2 nitrogen and oxygen atoms in total. The molecule has 0 aliphatic carbocycles. The lowest BCUT2D eigenvalue weighted by Crippen LogP contribution is -2.06. The third kappa shape index (κ3) is 3.60. The van der Waals surface area contributed by atoms with E-state index >= 15 is 0 Å². The molecule has 22 heavy (non-hydrogen) atoms. The van der Waals surface area contributed by atoms with Crippen LogP contribution in [0.15, 0.2) is 74.5 Å². The van der Waals surface area contributed by atoms with Crippen molar-refractivity contribution in [2.24, 2.45) is 0 Å². The average molecular weight is 312 g/mol. The number of benzene rings is 1. The first kappa shape index (κ1) is 16.4. The highest BCUT2D eigenvalue weighted by Gasteiger charge is 2.11. The molecule has 0 fully saturated rings. The first-order chi connectivity index (χ1) is 10.6. The van der Waals surface area contributed by atoms with E-state index in [0.717, 1.165) is 11.3 Å². The highest BCUT2D eigenvalue weighted by atomic mass is 32.2. The largest absolute Gasteiger partial charge is 0.449 e. The van der Waals surface area contributed by atoms with Gasteiger partial charge in [-0.3, -0.25) is 4.79 Å². The highest BCUT2D eigenvalue weighted by molar-refractivity contribution is 7.99. The number of fused-ring (bicyclic) bond motifs is 1. The average Bonchev–Trinajstić information content (AvgIpc) is 2.55. The fourth-order valence-corrected chi connectivity index (χ4v) is 3.07. The quantitative estimate of drug-likeness (QED) is 0.556. The summed E-state index contributed by atoms with van der Waals surface area (Å²) >= 11 is 1.55. The van der Waals surface area contributed by atoms with E-state index in [9.17, 15) is 4.79 Å². The molecule has 1 heterocycles. The monoisotopic (exact) mass is 312 g/mol. The van der Waals surface area contributed by atoms with Gasteiger partial charge in [0.2, 0.25) is 0 Å². The zero-order valence-corrected chi connectivity index (χ0v) is 14.0. The third-order valence-corrected chi connectivity index (χ3v) is 4.59. The summed E-state index contributed by atoms with van der Waals surface area (Å²) in [7, 11) is 0. The molecule has 0 bridgehead atoms. The molecule has 2 aromatic rings. The fourth-order valence-electron chi connectivity index (χ4n) is 2.06. The Kier molecular flexibility index (Phi) is 5.45. The minimum absolute atomic E-state index is 0.0455. The molecule has 0 amide bonds. The van der Waals surface area contributed by atoms with E-state index in [1.165, 1.54) is 5.57 Å². The summed E-state index contributed by atoms with van der Waals surface area (Å²) in [6.45, 7) is 9.61. The van der Waals surface area contributed by atoms with E-state index in [1.807, 2.05) is 45.0 Å². The standard InChI is InChI=1S/C19H20O2S/c1-5-13(3)11-15(6-2)12-22-19-14(4)18(20)16-9-7-8-10-17(16)21-19/h5-11H,1,12H2,2-4H3/b13-11-,15-6+. The molecule has 0 atom stereocenters. The molecule has 0 aliphatic heterocycles. The lowest BCUT2D eigenvalue weighted by Gasteiger charge is -2.07. The molecule has 0 radical (unpaired) electrons. The van der Waals surface area contributed by atoms with Crippen LogP contribution in [0.3, 0.4) is 0 Å². The van der Waals surface area contributed by atoms with Gasteiger partial charge >= 0.3 is 0 Å². The van der Waals surface area contributed by atoms with Crippen LogP contribution in [0.4, 0.5) is 0 Å². The van der Waals surface area contributed by atoms with Gasteiger partial charge in [-0.2, -0.15) is 0 Å². The molecule has 0 saturated carbocycles. The van der Waals surface area contributed by atoms with Crippen molar-refractivity contribution in [3.05, 3.63) is 76.0 Å². The molecular formula is C19H20O2S. The lowest BCUT2D eigenvalue weighted by molar-refractivity contribution is 0.492. The molecular weight excluding hydrogens is 292 g/mol. The number of para-hydroxylation sites is 1. The van der Waals surface area contributed by atoms with Crippen LogP contribution in [-0.4, -0.2) is 5.75 Å². The second-order valence-electron chi connectivity index (χ2n) is 5.08. The number of allylic oxidation sites excluding steroid dienone is 4.